The van der Waals surface area contributed by atoms with Gasteiger partial charge in [-0.3, -0.25) is 9.10 Å². The van der Waals surface area contributed by atoms with Crippen LogP contribution in [0.4, 0.5) is 5.69 Å². The highest BCUT2D eigenvalue weighted by Gasteiger charge is 2.20. The van der Waals surface area contributed by atoms with E-state index in [4.69, 9.17) is 0 Å². The Labute approximate surface area is 197 Å². The molecule has 0 spiro atoms. The van der Waals surface area contributed by atoms with Crippen molar-refractivity contribution in [2.45, 2.75) is 39.8 Å². The zero-order valence-electron chi connectivity index (χ0n) is 19.6. The van der Waals surface area contributed by atoms with Crippen LogP contribution < -0.4 is 4.31 Å². The Hall–Kier alpha value is -3.12. The van der Waals surface area contributed by atoms with Crippen LogP contribution in [0.1, 0.15) is 35.1 Å². The van der Waals surface area contributed by atoms with Crippen molar-refractivity contribution in [1.82, 2.24) is 4.90 Å². The van der Waals surface area contributed by atoms with Gasteiger partial charge in [-0.05, 0) is 54.7 Å². The maximum absolute atomic E-state index is 13.2. The lowest BCUT2D eigenvalue weighted by Crippen LogP contribution is -2.33. The molecule has 0 atom stereocenters. The largest absolute Gasteiger partial charge is 0.334 e. The predicted molar refractivity (Wildman–Crippen MR) is 134 cm³/mol. The summed E-state index contributed by atoms with van der Waals surface area (Å²) in [5.41, 5.74) is 4.79. The van der Waals surface area contributed by atoms with Gasteiger partial charge >= 0.3 is 0 Å². The van der Waals surface area contributed by atoms with Crippen LogP contribution in [0.5, 0.6) is 0 Å². The van der Waals surface area contributed by atoms with Crippen molar-refractivity contribution in [1.29, 1.82) is 0 Å². The van der Waals surface area contributed by atoms with Crippen LogP contribution in [0.25, 0.3) is 0 Å². The average Bonchev–Trinajstić information content (AvgIpc) is 2.76. The molecule has 0 fully saturated rings. The second-order valence-corrected chi connectivity index (χ2v) is 10.4. The Morgan fingerprint density at radius 3 is 1.73 bits per heavy atom. The molecule has 0 aliphatic rings. The van der Waals surface area contributed by atoms with E-state index in [1.807, 2.05) is 97.6 Å². The quantitative estimate of drug-likeness (QED) is 0.420. The molecule has 3 aromatic rings. The normalized spacial score (nSPS) is 11.2. The van der Waals surface area contributed by atoms with Gasteiger partial charge in [0, 0.05) is 26.1 Å². The van der Waals surface area contributed by atoms with Crippen molar-refractivity contribution < 1.29 is 13.2 Å². The van der Waals surface area contributed by atoms with Crippen molar-refractivity contribution in [3.05, 3.63) is 101 Å². The first kappa shape index (κ1) is 24.5. The average molecular weight is 465 g/mol. The second kappa shape index (κ2) is 11.1. The summed E-state index contributed by atoms with van der Waals surface area (Å²) in [5.74, 6) is 0.0107. The van der Waals surface area contributed by atoms with E-state index < -0.39 is 10.0 Å². The molecule has 33 heavy (non-hydrogen) atoms. The number of nitrogens with zero attached hydrogens (tertiary/aromatic N) is 2. The van der Waals surface area contributed by atoms with Gasteiger partial charge in [0.2, 0.25) is 15.9 Å². The molecule has 3 rings (SSSR count). The number of hydrogen-bond donors (Lipinski definition) is 0. The van der Waals surface area contributed by atoms with Crippen LogP contribution in [0, 0.1) is 13.8 Å². The molecule has 0 heterocycles. The van der Waals surface area contributed by atoms with E-state index in [-0.39, 0.29) is 18.9 Å². The van der Waals surface area contributed by atoms with Gasteiger partial charge in [-0.25, -0.2) is 8.42 Å². The minimum atomic E-state index is -3.46. The Kier molecular flexibility index (Phi) is 8.28. The smallest absolute Gasteiger partial charge is 0.232 e. The fraction of sp³-hybridized carbons (Fsp3) is 0.296. The molecule has 0 N–H and O–H groups in total. The third kappa shape index (κ3) is 7.46. The SMILES string of the molecule is Cc1cc(C)cc(N(CCCC(=O)N(Cc2ccccc2)Cc2ccccc2)S(C)(=O)=O)c1. The Bertz CT molecular complexity index is 1100. The molecule has 0 saturated carbocycles. The van der Waals surface area contributed by atoms with Crippen LogP contribution in [0.3, 0.4) is 0 Å². The minimum Gasteiger partial charge on any atom is -0.334 e. The number of carbonyl (C=O) groups is 1. The Balaban J connectivity index is 1.71. The van der Waals surface area contributed by atoms with Crippen molar-refractivity contribution in [2.75, 3.05) is 17.1 Å². The van der Waals surface area contributed by atoms with E-state index in [1.54, 1.807) is 0 Å². The Morgan fingerprint density at radius 2 is 1.27 bits per heavy atom. The van der Waals surface area contributed by atoms with E-state index in [2.05, 4.69) is 0 Å². The number of sulfonamides is 1. The van der Waals surface area contributed by atoms with Gasteiger partial charge in [0.25, 0.3) is 0 Å². The van der Waals surface area contributed by atoms with Crippen LogP contribution in [-0.2, 0) is 27.9 Å². The van der Waals surface area contributed by atoms with Crippen molar-refractivity contribution in [2.24, 2.45) is 0 Å². The first-order chi connectivity index (χ1) is 15.7. The number of carbonyl (C=O) groups excluding carboxylic acids is 1. The first-order valence-corrected chi connectivity index (χ1v) is 13.0. The van der Waals surface area contributed by atoms with Crippen LogP contribution >= 0.6 is 0 Å². The molecule has 174 valence electrons. The van der Waals surface area contributed by atoms with E-state index in [1.165, 1.54) is 10.6 Å². The first-order valence-electron chi connectivity index (χ1n) is 11.1. The number of amides is 1. The summed E-state index contributed by atoms with van der Waals surface area (Å²) in [4.78, 5) is 15.0. The van der Waals surface area contributed by atoms with Gasteiger partial charge in [-0.2, -0.15) is 0 Å². The lowest BCUT2D eigenvalue weighted by Gasteiger charge is -2.25. The molecule has 0 saturated heterocycles. The fourth-order valence-corrected chi connectivity index (χ4v) is 4.90. The number of benzene rings is 3. The molecule has 0 bridgehead atoms. The monoisotopic (exact) mass is 464 g/mol. The highest BCUT2D eigenvalue weighted by molar-refractivity contribution is 7.92. The highest BCUT2D eigenvalue weighted by Crippen LogP contribution is 2.22. The summed E-state index contributed by atoms with van der Waals surface area (Å²) in [6.45, 7) is 5.19. The lowest BCUT2D eigenvalue weighted by atomic mass is 10.1. The number of aryl methyl sites for hydroxylation is 2. The van der Waals surface area contributed by atoms with E-state index in [0.29, 0.717) is 25.2 Å². The van der Waals surface area contributed by atoms with Gasteiger partial charge < -0.3 is 4.90 Å². The van der Waals surface area contributed by atoms with Gasteiger partial charge in [-0.1, -0.05) is 66.7 Å². The lowest BCUT2D eigenvalue weighted by molar-refractivity contribution is -0.132. The summed E-state index contributed by atoms with van der Waals surface area (Å²) < 4.78 is 26.4. The molecular weight excluding hydrogens is 432 g/mol. The fourth-order valence-electron chi connectivity index (χ4n) is 3.95. The van der Waals surface area contributed by atoms with Gasteiger partial charge in [-0.15, -0.1) is 0 Å². The zero-order chi connectivity index (χ0) is 23.8. The second-order valence-electron chi connectivity index (χ2n) is 8.51. The van der Waals surface area contributed by atoms with Crippen LogP contribution in [0.2, 0.25) is 0 Å². The summed E-state index contributed by atoms with van der Waals surface area (Å²) in [6.07, 6.45) is 1.93. The molecule has 3 aromatic carbocycles. The number of rotatable bonds is 10. The number of anilines is 1. The molecule has 1 amide bonds. The molecule has 0 aromatic heterocycles. The Morgan fingerprint density at radius 1 is 0.788 bits per heavy atom. The molecule has 6 heteroatoms. The maximum atomic E-state index is 13.2. The molecule has 5 nitrogen and oxygen atoms in total. The van der Waals surface area contributed by atoms with E-state index in [0.717, 1.165) is 22.3 Å². The third-order valence-electron chi connectivity index (χ3n) is 5.43. The van der Waals surface area contributed by atoms with Crippen LogP contribution in [0.15, 0.2) is 78.9 Å². The van der Waals surface area contributed by atoms with Crippen molar-refractivity contribution in [3.63, 3.8) is 0 Å². The number of hydrogen-bond acceptors (Lipinski definition) is 3. The van der Waals surface area contributed by atoms with Gasteiger partial charge in [0.1, 0.15) is 0 Å². The standard InChI is InChI=1S/C27H32N2O3S/c1-22-17-23(2)19-26(18-22)29(33(3,31)32)16-10-15-27(30)28(20-24-11-6-4-7-12-24)21-25-13-8-5-9-14-25/h4-9,11-14,17-19H,10,15-16,20-21H2,1-3H3. The maximum Gasteiger partial charge on any atom is 0.232 e. The third-order valence-corrected chi connectivity index (χ3v) is 6.63. The zero-order valence-corrected chi connectivity index (χ0v) is 20.4. The van der Waals surface area contributed by atoms with Crippen molar-refractivity contribution >= 4 is 21.6 Å². The minimum absolute atomic E-state index is 0.0107. The predicted octanol–water partition coefficient (Wildman–Crippen LogP) is 5.08. The topological polar surface area (TPSA) is 57.7 Å². The van der Waals surface area contributed by atoms with E-state index >= 15 is 0 Å². The van der Waals surface area contributed by atoms with Crippen molar-refractivity contribution in [3.8, 4) is 0 Å². The van der Waals surface area contributed by atoms with Gasteiger partial charge in [0.05, 0.1) is 11.9 Å². The molecule has 0 aliphatic heterocycles. The molecule has 0 radical (unpaired) electrons. The summed E-state index contributed by atoms with van der Waals surface area (Å²) >= 11 is 0. The van der Waals surface area contributed by atoms with Gasteiger partial charge in [0.15, 0.2) is 0 Å². The molecule has 0 aliphatic carbocycles. The molecular formula is C27H32N2O3S. The summed E-state index contributed by atoms with van der Waals surface area (Å²) in [5, 5.41) is 0. The van der Waals surface area contributed by atoms with Crippen LogP contribution in [-0.4, -0.2) is 32.0 Å². The highest BCUT2D eigenvalue weighted by atomic mass is 32.2. The molecule has 0 unspecified atom stereocenters. The summed E-state index contributed by atoms with van der Waals surface area (Å²) in [6, 6.07) is 25.6. The summed E-state index contributed by atoms with van der Waals surface area (Å²) in [7, 11) is -3.46. The van der Waals surface area contributed by atoms with E-state index in [9.17, 15) is 13.2 Å².